The Balaban J connectivity index is 1.82. The lowest BCUT2D eigenvalue weighted by atomic mass is 9.84. The van der Waals surface area contributed by atoms with Gasteiger partial charge in [-0.1, -0.05) is 13.8 Å². The molecule has 2 aliphatic rings. The number of aliphatic carboxylic acids is 1. The fourth-order valence-electron chi connectivity index (χ4n) is 7.53. The zero-order chi connectivity index (χ0) is 39.8. The van der Waals surface area contributed by atoms with Crippen molar-refractivity contribution < 1.29 is 43.9 Å². The number of aliphatic hydroxyl groups excluding tert-OH is 2. The van der Waals surface area contributed by atoms with Crippen molar-refractivity contribution in [2.45, 2.75) is 78.6 Å². The number of H-pyrrole nitrogens is 2. The van der Waals surface area contributed by atoms with E-state index in [1.807, 2.05) is 32.9 Å². The van der Waals surface area contributed by atoms with Gasteiger partial charge >= 0.3 is 11.9 Å². The fourth-order valence-corrected chi connectivity index (χ4v) is 7.53. The molecule has 0 spiro atoms. The van der Waals surface area contributed by atoms with E-state index in [0.29, 0.717) is 47.9 Å². The number of carboxylic acid groups (broad SMARTS) is 1. The van der Waals surface area contributed by atoms with Crippen LogP contribution in [0.1, 0.15) is 96.0 Å². The number of rotatable bonds is 17. The Bertz CT molecular complexity index is 2120. The number of aliphatic hydroxyl groups is 2. The summed E-state index contributed by atoms with van der Waals surface area (Å²) in [5.41, 5.74) is 10.7. The molecule has 55 heavy (non-hydrogen) atoms. The van der Waals surface area contributed by atoms with Crippen LogP contribution in [0.15, 0.2) is 18.2 Å². The minimum absolute atomic E-state index is 0.0341. The summed E-state index contributed by atoms with van der Waals surface area (Å²) in [4.78, 5) is 56.7. The third-order valence-corrected chi connectivity index (χ3v) is 10.6. The van der Waals surface area contributed by atoms with Crippen LogP contribution in [0.3, 0.4) is 0 Å². The number of allylic oxidation sites excluding steroid dienone is 1. The maximum absolute atomic E-state index is 14.2. The number of carbonyl (C=O) groups is 3. The van der Waals surface area contributed by atoms with Gasteiger partial charge in [0.05, 0.1) is 69.2 Å². The predicted octanol–water partition coefficient (Wildman–Crippen LogP) is 4.57. The van der Waals surface area contributed by atoms with Crippen molar-refractivity contribution in [3.8, 4) is 0 Å². The molecule has 0 fully saturated rings. The smallest absolute Gasteiger partial charge is 0.310 e. The molecule has 14 nitrogen and oxygen atoms in total. The van der Waals surface area contributed by atoms with Gasteiger partial charge in [-0.3, -0.25) is 19.4 Å². The van der Waals surface area contributed by atoms with Crippen LogP contribution in [0.25, 0.3) is 33.2 Å². The standard InChI is InChI=1S/C41H53N5O9/c1-7-26-22(2)31-20-35-27(10-12-47)23(3)30(44-35)19-32-24(4)28(8-9-36(49)50)39(45-32)29(18-37(51)53-6)40-38(25(5)33(46-40)21-34(26)43-31)41(52)42-11-14-54-16-17-55-15-13-48/h19-21,24,28,43-44,47-48H,7-18H2,1-6H3,(H,42,52)(H,49,50). The number of carboxylic acids is 1. The topological polar surface area (TPSA) is 209 Å². The van der Waals surface area contributed by atoms with Crippen LogP contribution in [0.4, 0.5) is 0 Å². The lowest BCUT2D eigenvalue weighted by Gasteiger charge is -2.18. The molecule has 0 aliphatic carbocycles. The van der Waals surface area contributed by atoms with Crippen LogP contribution in [0, 0.1) is 13.8 Å². The van der Waals surface area contributed by atoms with Gasteiger partial charge in [-0.15, -0.1) is 0 Å². The summed E-state index contributed by atoms with van der Waals surface area (Å²) in [5.74, 6) is -2.61. The van der Waals surface area contributed by atoms with Gasteiger partial charge in [-0.25, -0.2) is 4.98 Å². The second-order valence-electron chi connectivity index (χ2n) is 13.9. The Labute approximate surface area is 320 Å². The summed E-state index contributed by atoms with van der Waals surface area (Å²) in [5, 5.41) is 31.6. The van der Waals surface area contributed by atoms with Gasteiger partial charge in [0.15, 0.2) is 0 Å². The number of aryl methyl sites for hydroxylation is 3. The van der Waals surface area contributed by atoms with Gasteiger partial charge in [-0.2, -0.15) is 0 Å². The van der Waals surface area contributed by atoms with Gasteiger partial charge < -0.3 is 44.8 Å². The zero-order valence-electron chi connectivity index (χ0n) is 32.6. The Kier molecular flexibility index (Phi) is 14.0. The highest BCUT2D eigenvalue weighted by Gasteiger charge is 2.35. The summed E-state index contributed by atoms with van der Waals surface area (Å²) in [7, 11) is 1.29. The van der Waals surface area contributed by atoms with Crippen LogP contribution in [0.5, 0.6) is 0 Å². The molecule has 2 aliphatic heterocycles. The highest BCUT2D eigenvalue weighted by Crippen LogP contribution is 2.44. The van der Waals surface area contributed by atoms with Crippen LogP contribution < -0.4 is 5.32 Å². The number of methoxy groups -OCH3 is 1. The predicted molar refractivity (Wildman–Crippen MR) is 209 cm³/mol. The second kappa shape index (κ2) is 18.6. The molecule has 296 valence electrons. The van der Waals surface area contributed by atoms with E-state index in [1.54, 1.807) is 0 Å². The molecule has 1 amide bonds. The molecule has 8 bridgehead atoms. The lowest BCUT2D eigenvalue weighted by molar-refractivity contribution is -0.140. The van der Waals surface area contributed by atoms with Crippen LogP contribution in [-0.2, 0) is 47.9 Å². The normalized spacial score (nSPS) is 15.4. The fraction of sp³-hybridized carbons (Fsp3) is 0.488. The van der Waals surface area contributed by atoms with Crippen LogP contribution in [-0.4, -0.2) is 106 Å². The molecule has 5 heterocycles. The first-order chi connectivity index (χ1) is 26.4. The number of aromatic amines is 2. The second-order valence-corrected chi connectivity index (χ2v) is 13.9. The summed E-state index contributed by atoms with van der Waals surface area (Å²) in [6.07, 6.45) is 1.01. The maximum Gasteiger partial charge on any atom is 0.310 e. The number of hydrogen-bond donors (Lipinski definition) is 6. The molecular formula is C41H53N5O9. The average molecular weight is 760 g/mol. The van der Waals surface area contributed by atoms with E-state index < -0.39 is 23.8 Å². The third kappa shape index (κ3) is 9.16. The first-order valence-electron chi connectivity index (χ1n) is 18.8. The molecule has 0 aromatic carbocycles. The quantitative estimate of drug-likeness (QED) is 0.0830. The van der Waals surface area contributed by atoms with Crippen molar-refractivity contribution in [3.05, 3.63) is 68.8 Å². The first kappa shape index (κ1) is 41.3. The summed E-state index contributed by atoms with van der Waals surface area (Å²) in [6, 6.07) is 5.93. The number of fused-ring (bicyclic) bond motifs is 8. The maximum atomic E-state index is 14.2. The number of amides is 1. The van der Waals surface area contributed by atoms with Gasteiger partial charge in [0.2, 0.25) is 0 Å². The zero-order valence-corrected chi connectivity index (χ0v) is 32.6. The van der Waals surface area contributed by atoms with E-state index in [-0.39, 0.29) is 69.4 Å². The van der Waals surface area contributed by atoms with E-state index in [9.17, 15) is 24.6 Å². The van der Waals surface area contributed by atoms with Gasteiger partial charge in [0.1, 0.15) is 0 Å². The molecule has 2 atom stereocenters. The van der Waals surface area contributed by atoms with Crippen molar-refractivity contribution in [1.29, 1.82) is 0 Å². The Morgan fingerprint density at radius 1 is 0.855 bits per heavy atom. The molecule has 0 saturated heterocycles. The van der Waals surface area contributed by atoms with E-state index in [1.165, 1.54) is 7.11 Å². The molecule has 3 aromatic heterocycles. The van der Waals surface area contributed by atoms with Gasteiger partial charge in [-0.05, 0) is 86.1 Å². The molecule has 5 rings (SSSR count). The largest absolute Gasteiger partial charge is 0.481 e. The van der Waals surface area contributed by atoms with Crippen LogP contribution >= 0.6 is 0 Å². The summed E-state index contributed by atoms with van der Waals surface area (Å²) in [6.45, 7) is 11.0. The van der Waals surface area contributed by atoms with E-state index in [0.717, 1.165) is 50.7 Å². The van der Waals surface area contributed by atoms with E-state index in [4.69, 9.17) is 29.3 Å². The minimum Gasteiger partial charge on any atom is -0.481 e. The van der Waals surface area contributed by atoms with Crippen molar-refractivity contribution in [1.82, 2.24) is 25.3 Å². The van der Waals surface area contributed by atoms with Gasteiger partial charge in [0, 0.05) is 64.7 Å². The Morgan fingerprint density at radius 3 is 2.18 bits per heavy atom. The monoisotopic (exact) mass is 759 g/mol. The SMILES string of the molecule is CCc1c(C)c2cc3[nH]c(cc4nc(c(CC(=O)OC)c5nc(cc1[nH]2)C(C)=C5C(=O)NCCOCCOCCO)C(CCC(=O)O)C4C)c(C)c3CCO. The minimum atomic E-state index is -0.959. The Hall–Kier alpha value is -4.89. The number of carbonyl (C=O) groups excluding carboxylic acids is 2. The first-order valence-corrected chi connectivity index (χ1v) is 18.8. The molecule has 6 N–H and O–H groups in total. The third-order valence-electron chi connectivity index (χ3n) is 10.6. The molecule has 0 radical (unpaired) electrons. The molecular weight excluding hydrogens is 706 g/mol. The average Bonchev–Trinajstić information content (AvgIpc) is 3.84. The number of aromatic nitrogens is 4. The number of nitrogens with zero attached hydrogens (tertiary/aromatic N) is 2. The van der Waals surface area contributed by atoms with E-state index in [2.05, 4.69) is 35.2 Å². The summed E-state index contributed by atoms with van der Waals surface area (Å²) >= 11 is 0. The molecule has 0 saturated carbocycles. The lowest BCUT2D eigenvalue weighted by Crippen LogP contribution is -2.29. The van der Waals surface area contributed by atoms with Crippen molar-refractivity contribution in [2.75, 3.05) is 53.3 Å². The molecule has 14 heteroatoms. The highest BCUT2D eigenvalue weighted by atomic mass is 16.5. The number of nitrogens with one attached hydrogen (secondary N) is 3. The number of hydrogen-bond acceptors (Lipinski definition) is 10. The van der Waals surface area contributed by atoms with Crippen molar-refractivity contribution in [2.24, 2.45) is 0 Å². The number of ether oxygens (including phenoxy) is 3. The molecule has 2 unspecified atom stereocenters. The Morgan fingerprint density at radius 2 is 1.53 bits per heavy atom. The highest BCUT2D eigenvalue weighted by molar-refractivity contribution is 6.27. The number of esters is 1. The van der Waals surface area contributed by atoms with Gasteiger partial charge in [0.25, 0.3) is 5.91 Å². The molecule has 3 aromatic rings. The summed E-state index contributed by atoms with van der Waals surface area (Å²) < 4.78 is 16.0. The van der Waals surface area contributed by atoms with Crippen molar-refractivity contribution >= 4 is 51.1 Å². The van der Waals surface area contributed by atoms with E-state index >= 15 is 0 Å². The van der Waals surface area contributed by atoms with Crippen molar-refractivity contribution in [3.63, 3.8) is 0 Å². The van der Waals surface area contributed by atoms with Crippen LogP contribution in [0.2, 0.25) is 0 Å².